The van der Waals surface area contributed by atoms with E-state index >= 15 is 0 Å². The lowest BCUT2D eigenvalue weighted by Crippen LogP contribution is -2.00. The van der Waals surface area contributed by atoms with Gasteiger partial charge in [-0.1, -0.05) is 12.1 Å². The largest absolute Gasteiger partial charge is 0.497 e. The highest BCUT2D eigenvalue weighted by molar-refractivity contribution is 5.76. The molecule has 4 nitrogen and oxygen atoms in total. The molecule has 3 N–H and O–H groups in total. The van der Waals surface area contributed by atoms with E-state index in [0.717, 1.165) is 22.9 Å². The molecule has 0 amide bonds. The normalized spacial score (nSPS) is 10.0. The van der Waals surface area contributed by atoms with Crippen molar-refractivity contribution in [3.05, 3.63) is 42.5 Å². The predicted octanol–water partition coefficient (Wildman–Crippen LogP) is 3.42. The first-order valence-electron chi connectivity index (χ1n) is 6.17. The Bertz CT molecular complexity index is 556. The summed E-state index contributed by atoms with van der Waals surface area (Å²) in [5.74, 6) is 1.54. The highest BCUT2D eigenvalue weighted by atomic mass is 16.5. The maximum atomic E-state index is 5.99. The molecule has 19 heavy (non-hydrogen) atoms. The Morgan fingerprint density at radius 2 is 1.89 bits per heavy atom. The van der Waals surface area contributed by atoms with Gasteiger partial charge in [0.25, 0.3) is 0 Å². The minimum atomic E-state index is 0.622. The Hall–Kier alpha value is -2.36. The minimum Gasteiger partial charge on any atom is -0.497 e. The fraction of sp³-hybridized carbons (Fsp3) is 0.200. The summed E-state index contributed by atoms with van der Waals surface area (Å²) >= 11 is 0. The molecule has 0 saturated carbocycles. The third-order valence-corrected chi connectivity index (χ3v) is 2.71. The molecular formula is C15H18N2O2. The van der Waals surface area contributed by atoms with E-state index in [4.69, 9.17) is 15.2 Å². The predicted molar refractivity (Wildman–Crippen MR) is 78.3 cm³/mol. The molecule has 0 aliphatic rings. The number of nitrogens with two attached hydrogens (primary N) is 1. The number of nitrogen functional groups attached to an aromatic ring is 1. The number of benzene rings is 2. The van der Waals surface area contributed by atoms with Crippen LogP contribution in [0, 0.1) is 0 Å². The number of rotatable bonds is 5. The Morgan fingerprint density at radius 3 is 2.58 bits per heavy atom. The second kappa shape index (κ2) is 6.00. The number of hydrogen-bond donors (Lipinski definition) is 2. The average Bonchev–Trinajstić information content (AvgIpc) is 2.43. The van der Waals surface area contributed by atoms with Crippen LogP contribution in [0.5, 0.6) is 11.5 Å². The molecule has 0 unspecified atom stereocenters. The summed E-state index contributed by atoms with van der Waals surface area (Å²) in [6.07, 6.45) is 0. The average molecular weight is 258 g/mol. The molecule has 0 saturated heterocycles. The number of para-hydroxylation sites is 2. The lowest BCUT2D eigenvalue weighted by molar-refractivity contribution is 0.342. The number of anilines is 3. The zero-order valence-electron chi connectivity index (χ0n) is 11.1. The van der Waals surface area contributed by atoms with Crippen molar-refractivity contribution in [3.63, 3.8) is 0 Å². The summed E-state index contributed by atoms with van der Waals surface area (Å²) in [7, 11) is 1.62. The molecule has 0 spiro atoms. The lowest BCUT2D eigenvalue weighted by Gasteiger charge is -2.14. The van der Waals surface area contributed by atoms with Gasteiger partial charge in [-0.05, 0) is 31.2 Å². The maximum Gasteiger partial charge on any atom is 0.142 e. The van der Waals surface area contributed by atoms with Crippen LogP contribution in [0.4, 0.5) is 17.1 Å². The van der Waals surface area contributed by atoms with Crippen LogP contribution < -0.4 is 20.5 Å². The van der Waals surface area contributed by atoms with Gasteiger partial charge in [0.2, 0.25) is 0 Å². The number of hydrogen-bond acceptors (Lipinski definition) is 4. The summed E-state index contributed by atoms with van der Waals surface area (Å²) in [6.45, 7) is 2.58. The SMILES string of the molecule is CCOc1ccccc1Nc1ccc(OC)cc1N. The molecule has 0 aromatic heterocycles. The smallest absolute Gasteiger partial charge is 0.142 e. The van der Waals surface area contributed by atoms with Gasteiger partial charge in [-0.15, -0.1) is 0 Å². The summed E-state index contributed by atoms with van der Waals surface area (Å²) in [5.41, 5.74) is 8.33. The molecule has 0 atom stereocenters. The van der Waals surface area contributed by atoms with Gasteiger partial charge < -0.3 is 20.5 Å². The van der Waals surface area contributed by atoms with Gasteiger partial charge in [-0.2, -0.15) is 0 Å². The summed E-state index contributed by atoms with van der Waals surface area (Å²) in [5, 5.41) is 3.27. The maximum absolute atomic E-state index is 5.99. The molecule has 2 rings (SSSR count). The van der Waals surface area contributed by atoms with E-state index in [1.165, 1.54) is 0 Å². The Morgan fingerprint density at radius 1 is 1.11 bits per heavy atom. The topological polar surface area (TPSA) is 56.5 Å². The van der Waals surface area contributed by atoms with Crippen LogP contribution in [-0.2, 0) is 0 Å². The molecule has 100 valence electrons. The van der Waals surface area contributed by atoms with Crippen LogP contribution in [0.2, 0.25) is 0 Å². The molecule has 2 aromatic carbocycles. The van der Waals surface area contributed by atoms with Crippen molar-refractivity contribution < 1.29 is 9.47 Å². The van der Waals surface area contributed by atoms with Crippen molar-refractivity contribution in [2.75, 3.05) is 24.8 Å². The summed E-state index contributed by atoms with van der Waals surface area (Å²) < 4.78 is 10.7. The summed E-state index contributed by atoms with van der Waals surface area (Å²) in [6, 6.07) is 13.3. The molecular weight excluding hydrogens is 240 g/mol. The van der Waals surface area contributed by atoms with Crippen molar-refractivity contribution in [2.45, 2.75) is 6.92 Å². The van der Waals surface area contributed by atoms with Crippen LogP contribution in [0.3, 0.4) is 0 Å². The zero-order valence-corrected chi connectivity index (χ0v) is 11.1. The molecule has 4 heteroatoms. The molecule has 2 aromatic rings. The van der Waals surface area contributed by atoms with Gasteiger partial charge in [0.05, 0.1) is 30.8 Å². The fourth-order valence-corrected chi connectivity index (χ4v) is 1.78. The number of methoxy groups -OCH3 is 1. The van der Waals surface area contributed by atoms with Crippen LogP contribution in [0.25, 0.3) is 0 Å². The Kier molecular flexibility index (Phi) is 4.13. The van der Waals surface area contributed by atoms with Gasteiger partial charge >= 0.3 is 0 Å². The first-order valence-corrected chi connectivity index (χ1v) is 6.17. The fourth-order valence-electron chi connectivity index (χ4n) is 1.78. The highest BCUT2D eigenvalue weighted by Gasteiger charge is 2.05. The molecule has 0 aliphatic heterocycles. The lowest BCUT2D eigenvalue weighted by atomic mass is 10.2. The molecule has 0 heterocycles. The van der Waals surface area contributed by atoms with E-state index < -0.39 is 0 Å². The van der Waals surface area contributed by atoms with Crippen LogP contribution in [-0.4, -0.2) is 13.7 Å². The monoisotopic (exact) mass is 258 g/mol. The van der Waals surface area contributed by atoms with E-state index in [9.17, 15) is 0 Å². The molecule has 0 bridgehead atoms. The van der Waals surface area contributed by atoms with Gasteiger partial charge in [-0.25, -0.2) is 0 Å². The van der Waals surface area contributed by atoms with E-state index in [0.29, 0.717) is 12.3 Å². The number of ether oxygens (including phenoxy) is 2. The molecule has 0 aliphatic carbocycles. The van der Waals surface area contributed by atoms with E-state index in [2.05, 4.69) is 5.32 Å². The first kappa shape index (κ1) is 13.1. The van der Waals surface area contributed by atoms with Crippen molar-refractivity contribution in [2.24, 2.45) is 0 Å². The van der Waals surface area contributed by atoms with Crippen LogP contribution >= 0.6 is 0 Å². The standard InChI is InChI=1S/C15H18N2O2/c1-3-19-15-7-5-4-6-14(15)17-13-9-8-11(18-2)10-12(13)16/h4-10,17H,3,16H2,1-2H3. The minimum absolute atomic E-state index is 0.622. The first-order chi connectivity index (χ1) is 9.24. The molecule has 0 fully saturated rings. The van der Waals surface area contributed by atoms with Gasteiger partial charge in [-0.3, -0.25) is 0 Å². The Labute approximate surface area is 113 Å². The molecule has 0 radical (unpaired) electrons. The van der Waals surface area contributed by atoms with Gasteiger partial charge in [0, 0.05) is 6.07 Å². The van der Waals surface area contributed by atoms with Crippen molar-refractivity contribution in [1.82, 2.24) is 0 Å². The second-order valence-electron chi connectivity index (χ2n) is 4.01. The van der Waals surface area contributed by atoms with E-state index in [1.807, 2.05) is 43.3 Å². The van der Waals surface area contributed by atoms with Crippen LogP contribution in [0.15, 0.2) is 42.5 Å². The van der Waals surface area contributed by atoms with Crippen LogP contribution in [0.1, 0.15) is 6.92 Å². The highest BCUT2D eigenvalue weighted by Crippen LogP contribution is 2.31. The van der Waals surface area contributed by atoms with Gasteiger partial charge in [0.1, 0.15) is 11.5 Å². The van der Waals surface area contributed by atoms with E-state index in [1.54, 1.807) is 13.2 Å². The van der Waals surface area contributed by atoms with Gasteiger partial charge in [0.15, 0.2) is 0 Å². The Balaban J connectivity index is 2.26. The van der Waals surface area contributed by atoms with E-state index in [-0.39, 0.29) is 0 Å². The third kappa shape index (κ3) is 3.10. The third-order valence-electron chi connectivity index (χ3n) is 2.71. The quantitative estimate of drug-likeness (QED) is 0.807. The number of nitrogens with one attached hydrogen (secondary N) is 1. The second-order valence-corrected chi connectivity index (χ2v) is 4.01. The van der Waals surface area contributed by atoms with Crippen molar-refractivity contribution in [1.29, 1.82) is 0 Å². The summed E-state index contributed by atoms with van der Waals surface area (Å²) in [4.78, 5) is 0. The van der Waals surface area contributed by atoms with Crippen molar-refractivity contribution in [3.8, 4) is 11.5 Å². The van der Waals surface area contributed by atoms with Crippen molar-refractivity contribution >= 4 is 17.1 Å². The zero-order chi connectivity index (χ0) is 13.7.